The Hall–Kier alpha value is -5.02. The van der Waals surface area contributed by atoms with Crippen LogP contribution in [0.2, 0.25) is 0 Å². The summed E-state index contributed by atoms with van der Waals surface area (Å²) in [6, 6.07) is 13.2. The van der Waals surface area contributed by atoms with Crippen LogP contribution in [-0.4, -0.2) is 83.6 Å². The van der Waals surface area contributed by atoms with Gasteiger partial charge in [-0.3, -0.25) is 19.1 Å². The second-order valence-electron chi connectivity index (χ2n) is 17.0. The quantitative estimate of drug-likeness (QED) is 0.122. The molecule has 2 aliphatic carbocycles. The summed E-state index contributed by atoms with van der Waals surface area (Å²) in [6.45, 7) is 15.8. The molecule has 1 aliphatic heterocycles. The predicted octanol–water partition coefficient (Wildman–Crippen LogP) is 6.34. The molecule has 2 aromatic heterocycles. The van der Waals surface area contributed by atoms with Crippen LogP contribution < -0.4 is 24.8 Å². The van der Waals surface area contributed by atoms with Crippen LogP contribution in [0.3, 0.4) is 0 Å². The molecule has 2 saturated carbocycles. The Labute approximate surface area is 344 Å². The predicted molar refractivity (Wildman–Crippen MR) is 225 cm³/mol. The molecule has 0 bridgehead atoms. The minimum absolute atomic E-state index is 0.0587. The highest BCUT2D eigenvalue weighted by Crippen LogP contribution is 2.46. The molecule has 7 rings (SSSR count). The van der Waals surface area contributed by atoms with Gasteiger partial charge in [0.15, 0.2) is 0 Å². The number of thiazole rings is 1. The molecule has 308 valence electrons. The molecule has 3 heterocycles. The lowest BCUT2D eigenvalue weighted by atomic mass is 9.85. The van der Waals surface area contributed by atoms with E-state index in [0.717, 1.165) is 27.3 Å². The van der Waals surface area contributed by atoms with Gasteiger partial charge in [-0.25, -0.2) is 18.4 Å². The highest BCUT2D eigenvalue weighted by Gasteiger charge is 2.62. The number of amides is 3. The smallest absolute Gasteiger partial charge is 0.259 e. The van der Waals surface area contributed by atoms with E-state index in [1.165, 1.54) is 16.2 Å². The molecular weight excluding hydrogens is 777 g/mol. The number of nitrogens with one attached hydrogen (secondary N) is 3. The number of carbonyl (C=O) groups excluding carboxylic acids is 3. The standard InChI is InChI=1S/C43H52N6O7S2/c1-9-26-21-43(26,41(52)48-58(53,54)29-15-16-29)47-38(50)33-19-28(22-49(33)40(51)37(42(5,6)7)44-27-13-11-10-12-14-27)56-35-20-31(39-46-32(23-57-39)24(2)3)45-36-25(4)34(55-8)18-17-30(35)36/h9-14,17-18,20,23-24,26,28-29,33,37,44H,1,15-16,19,21-22H2,2-8H3,(H,47,50)(H,48,52). The Morgan fingerprint density at radius 3 is 2.40 bits per heavy atom. The summed E-state index contributed by atoms with van der Waals surface area (Å²) in [5, 5.41) is 9.15. The number of pyridine rings is 1. The van der Waals surface area contributed by atoms with Crippen molar-refractivity contribution in [2.75, 3.05) is 19.0 Å². The van der Waals surface area contributed by atoms with Gasteiger partial charge in [0.1, 0.15) is 45.9 Å². The average Bonchev–Trinajstić information content (AvgIpc) is 4.06. The largest absolute Gasteiger partial charge is 0.496 e. The summed E-state index contributed by atoms with van der Waals surface area (Å²) in [5.41, 5.74) is 1.70. The number of benzene rings is 2. The second kappa shape index (κ2) is 15.6. The van der Waals surface area contributed by atoms with Crippen LogP contribution in [0.5, 0.6) is 11.5 Å². The molecule has 5 unspecified atom stereocenters. The number of aromatic nitrogens is 2. The molecule has 0 spiro atoms. The van der Waals surface area contributed by atoms with E-state index in [-0.39, 0.29) is 31.2 Å². The summed E-state index contributed by atoms with van der Waals surface area (Å²) in [4.78, 5) is 54.5. The summed E-state index contributed by atoms with van der Waals surface area (Å²) in [6.07, 6.45) is 2.11. The first-order chi connectivity index (χ1) is 27.4. The number of hydrogen-bond acceptors (Lipinski definition) is 11. The van der Waals surface area contributed by atoms with Crippen molar-refractivity contribution in [1.82, 2.24) is 24.9 Å². The summed E-state index contributed by atoms with van der Waals surface area (Å²) in [7, 11) is -2.28. The molecule has 0 radical (unpaired) electrons. The van der Waals surface area contributed by atoms with Gasteiger partial charge in [0.25, 0.3) is 5.91 Å². The van der Waals surface area contributed by atoms with Crippen LogP contribution in [0.25, 0.3) is 21.6 Å². The van der Waals surface area contributed by atoms with E-state index in [9.17, 15) is 22.8 Å². The van der Waals surface area contributed by atoms with E-state index >= 15 is 0 Å². The van der Waals surface area contributed by atoms with Crippen molar-refractivity contribution >= 4 is 55.7 Å². The van der Waals surface area contributed by atoms with E-state index in [1.54, 1.807) is 13.2 Å². The fourth-order valence-electron chi connectivity index (χ4n) is 7.57. The number of carbonyl (C=O) groups is 3. The fourth-order valence-corrected chi connectivity index (χ4v) is 9.87. The van der Waals surface area contributed by atoms with Gasteiger partial charge in [-0.1, -0.05) is 58.9 Å². The number of sulfonamides is 1. The third-order valence-corrected chi connectivity index (χ3v) is 14.0. The Morgan fingerprint density at radius 2 is 1.79 bits per heavy atom. The molecular formula is C43H52N6O7S2. The Bertz CT molecular complexity index is 2360. The number of anilines is 1. The van der Waals surface area contributed by atoms with Crippen molar-refractivity contribution in [3.8, 4) is 22.2 Å². The monoisotopic (exact) mass is 828 g/mol. The number of hydrogen-bond donors (Lipinski definition) is 3. The van der Waals surface area contributed by atoms with Gasteiger partial charge < -0.3 is 25.0 Å². The summed E-state index contributed by atoms with van der Waals surface area (Å²) >= 11 is 1.49. The highest BCUT2D eigenvalue weighted by atomic mass is 32.2. The zero-order valence-corrected chi connectivity index (χ0v) is 35.6. The lowest BCUT2D eigenvalue weighted by Gasteiger charge is -2.36. The number of rotatable bonds is 14. The average molecular weight is 829 g/mol. The molecule has 15 heteroatoms. The van der Waals surface area contributed by atoms with Gasteiger partial charge >= 0.3 is 0 Å². The fraction of sp³-hybridized carbons (Fsp3) is 0.465. The maximum atomic E-state index is 14.9. The van der Waals surface area contributed by atoms with Gasteiger partial charge in [0.2, 0.25) is 21.8 Å². The molecule has 58 heavy (non-hydrogen) atoms. The van der Waals surface area contributed by atoms with Crippen LogP contribution in [0.15, 0.2) is 66.6 Å². The molecule has 2 aromatic carbocycles. The topological polar surface area (TPSA) is 169 Å². The van der Waals surface area contributed by atoms with Crippen molar-refractivity contribution < 1.29 is 32.3 Å². The number of nitrogens with zero attached hydrogens (tertiary/aromatic N) is 3. The number of para-hydroxylation sites is 1. The number of likely N-dealkylation sites (tertiary alicyclic amines) is 1. The molecule has 4 aromatic rings. The Balaban J connectivity index is 1.24. The molecule has 13 nitrogen and oxygen atoms in total. The van der Waals surface area contributed by atoms with E-state index in [1.807, 2.05) is 81.6 Å². The molecule has 5 atom stereocenters. The zero-order chi connectivity index (χ0) is 41.7. The normalized spacial score (nSPS) is 22.3. The number of ether oxygens (including phenoxy) is 2. The van der Waals surface area contributed by atoms with E-state index in [4.69, 9.17) is 19.4 Å². The maximum Gasteiger partial charge on any atom is 0.259 e. The zero-order valence-electron chi connectivity index (χ0n) is 34.0. The Kier molecular flexibility index (Phi) is 11.1. The van der Waals surface area contributed by atoms with Crippen molar-refractivity contribution in [2.45, 2.75) is 102 Å². The van der Waals surface area contributed by atoms with Crippen LogP contribution in [0.4, 0.5) is 5.69 Å². The van der Waals surface area contributed by atoms with Gasteiger partial charge in [-0.15, -0.1) is 17.9 Å². The molecule has 3 fully saturated rings. The van der Waals surface area contributed by atoms with Gasteiger partial charge in [0.05, 0.1) is 30.1 Å². The maximum absolute atomic E-state index is 14.9. The van der Waals surface area contributed by atoms with E-state index in [0.29, 0.717) is 35.6 Å². The van der Waals surface area contributed by atoms with E-state index in [2.05, 4.69) is 35.8 Å². The SMILES string of the molecule is C=CC1CC1(NC(=O)C1CC(Oc2cc(-c3nc(C(C)C)cs3)nc3c(C)c(OC)ccc23)CN1C(=O)C(Nc1ccccc1)C(C)(C)C)C(=O)NS(=O)(=O)C1CC1. The minimum atomic E-state index is -3.89. The van der Waals surface area contributed by atoms with Crippen LogP contribution in [0, 0.1) is 18.3 Å². The first kappa shape index (κ1) is 41.2. The Morgan fingerprint density at radius 1 is 1.07 bits per heavy atom. The van der Waals surface area contributed by atoms with Crippen molar-refractivity contribution in [3.05, 3.63) is 77.8 Å². The third kappa shape index (κ3) is 8.15. The number of methoxy groups -OCH3 is 1. The van der Waals surface area contributed by atoms with Gasteiger partial charge in [-0.2, -0.15) is 0 Å². The van der Waals surface area contributed by atoms with Gasteiger partial charge in [0, 0.05) is 40.4 Å². The molecule has 1 saturated heterocycles. The molecule has 3 N–H and O–H groups in total. The van der Waals surface area contributed by atoms with E-state index < -0.39 is 62.1 Å². The minimum Gasteiger partial charge on any atom is -0.496 e. The van der Waals surface area contributed by atoms with Crippen LogP contribution in [0.1, 0.15) is 77.5 Å². The van der Waals surface area contributed by atoms with Crippen molar-refractivity contribution in [3.63, 3.8) is 0 Å². The first-order valence-electron chi connectivity index (χ1n) is 19.7. The summed E-state index contributed by atoms with van der Waals surface area (Å²) in [5.74, 6) is -0.793. The number of aryl methyl sites for hydroxylation is 1. The molecule has 3 amide bonds. The third-order valence-electron chi connectivity index (χ3n) is 11.3. The first-order valence-corrected chi connectivity index (χ1v) is 22.1. The van der Waals surface area contributed by atoms with Gasteiger partial charge in [-0.05, 0) is 61.8 Å². The summed E-state index contributed by atoms with van der Waals surface area (Å²) < 4.78 is 40.3. The van der Waals surface area contributed by atoms with Crippen molar-refractivity contribution in [2.24, 2.45) is 11.3 Å². The van der Waals surface area contributed by atoms with Crippen LogP contribution >= 0.6 is 11.3 Å². The van der Waals surface area contributed by atoms with Crippen LogP contribution in [-0.2, 0) is 24.4 Å². The number of fused-ring (bicyclic) bond motifs is 1. The lowest BCUT2D eigenvalue weighted by Crippen LogP contribution is -2.58. The lowest BCUT2D eigenvalue weighted by molar-refractivity contribution is -0.141. The second-order valence-corrected chi connectivity index (χ2v) is 19.8. The highest BCUT2D eigenvalue weighted by molar-refractivity contribution is 7.91. The molecule has 3 aliphatic rings. The van der Waals surface area contributed by atoms with Crippen molar-refractivity contribution in [1.29, 1.82) is 0 Å².